The van der Waals surface area contributed by atoms with Crippen LogP contribution < -0.4 is 0 Å². The van der Waals surface area contributed by atoms with Crippen LogP contribution in [0.25, 0.3) is 11.1 Å². The Morgan fingerprint density at radius 2 is 1.61 bits per heavy atom. The summed E-state index contributed by atoms with van der Waals surface area (Å²) in [4.78, 5) is 0. The summed E-state index contributed by atoms with van der Waals surface area (Å²) < 4.78 is 0. The molecule has 0 amide bonds. The van der Waals surface area contributed by atoms with Crippen LogP contribution in [-0.2, 0) is 0 Å². The molecule has 0 heteroatoms. The van der Waals surface area contributed by atoms with Crippen LogP contribution in [0.2, 0.25) is 0 Å². The summed E-state index contributed by atoms with van der Waals surface area (Å²) in [5.41, 5.74) is 9.04. The second-order valence-corrected chi connectivity index (χ2v) is 7.78. The molecule has 0 aliphatic rings. The Labute approximate surface area is 176 Å². The fourth-order valence-electron chi connectivity index (χ4n) is 3.11. The van der Waals surface area contributed by atoms with Crippen LogP contribution in [0.5, 0.6) is 0 Å². The zero-order chi connectivity index (χ0) is 21.5. The molecular weight excluding hydrogens is 336 g/mol. The average Bonchev–Trinajstić information content (AvgIpc) is 2.67. The third-order valence-electron chi connectivity index (χ3n) is 5.01. The molecule has 1 aromatic rings. The van der Waals surface area contributed by atoms with Gasteiger partial charge in [0, 0.05) is 0 Å². The molecule has 28 heavy (non-hydrogen) atoms. The molecule has 0 aliphatic carbocycles. The first-order chi connectivity index (χ1) is 13.3. The monoisotopic (exact) mass is 380 g/mol. The second-order valence-electron chi connectivity index (χ2n) is 7.78. The predicted octanol–water partition coefficient (Wildman–Crippen LogP) is 9.71. The molecule has 1 rings (SSSR count). The van der Waals surface area contributed by atoms with E-state index in [2.05, 4.69) is 92.0 Å². The Morgan fingerprint density at radius 1 is 0.964 bits per heavy atom. The van der Waals surface area contributed by atoms with E-state index in [0.717, 1.165) is 24.8 Å². The molecule has 0 fully saturated rings. The van der Waals surface area contributed by atoms with Gasteiger partial charge in [0.2, 0.25) is 0 Å². The smallest absolute Gasteiger partial charge is 0.0152 e. The van der Waals surface area contributed by atoms with Gasteiger partial charge in [-0.15, -0.1) is 0 Å². The van der Waals surface area contributed by atoms with Crippen LogP contribution in [0.15, 0.2) is 54.7 Å². The summed E-state index contributed by atoms with van der Waals surface area (Å²) in [6, 6.07) is 6.77. The first kappa shape index (κ1) is 26.2. The van der Waals surface area contributed by atoms with Crippen molar-refractivity contribution >= 4 is 11.1 Å². The van der Waals surface area contributed by atoms with Gasteiger partial charge in [-0.2, -0.15) is 0 Å². The Hall–Kier alpha value is -1.82. The maximum Gasteiger partial charge on any atom is -0.0152 e. The highest BCUT2D eigenvalue weighted by molar-refractivity contribution is 5.82. The van der Waals surface area contributed by atoms with Crippen LogP contribution in [0.4, 0.5) is 0 Å². The van der Waals surface area contributed by atoms with E-state index in [1.54, 1.807) is 0 Å². The highest BCUT2D eigenvalue weighted by atomic mass is 14.2. The predicted molar refractivity (Wildman–Crippen MR) is 132 cm³/mol. The first-order valence-corrected chi connectivity index (χ1v) is 11.1. The molecule has 0 radical (unpaired) electrons. The first-order valence-electron chi connectivity index (χ1n) is 11.1. The third-order valence-corrected chi connectivity index (χ3v) is 5.01. The van der Waals surface area contributed by atoms with E-state index >= 15 is 0 Å². The van der Waals surface area contributed by atoms with Crippen LogP contribution in [0, 0.1) is 6.92 Å². The number of hydrogen-bond acceptors (Lipinski definition) is 0. The molecule has 0 aliphatic heterocycles. The van der Waals surface area contributed by atoms with Gasteiger partial charge in [-0.05, 0) is 81.2 Å². The lowest BCUT2D eigenvalue weighted by molar-refractivity contribution is 0.825. The highest BCUT2D eigenvalue weighted by Gasteiger charge is 2.11. The largest absolute Gasteiger partial charge is 0.0955 e. The molecule has 0 atom stereocenters. The van der Waals surface area contributed by atoms with Crippen molar-refractivity contribution in [3.05, 3.63) is 71.3 Å². The van der Waals surface area contributed by atoms with Crippen molar-refractivity contribution < 1.29 is 0 Å². The third kappa shape index (κ3) is 9.40. The normalized spacial score (nSPS) is 11.7. The minimum absolute atomic E-state index is 1.08. The molecule has 0 saturated carbocycles. The quantitative estimate of drug-likeness (QED) is 0.280. The van der Waals surface area contributed by atoms with E-state index in [9.17, 15) is 0 Å². The van der Waals surface area contributed by atoms with Crippen molar-refractivity contribution in [2.24, 2.45) is 0 Å². The molecule has 0 saturated heterocycles. The molecule has 0 nitrogen and oxygen atoms in total. The van der Waals surface area contributed by atoms with Crippen molar-refractivity contribution in [2.75, 3.05) is 0 Å². The van der Waals surface area contributed by atoms with E-state index in [0.29, 0.717) is 0 Å². The van der Waals surface area contributed by atoms with E-state index in [4.69, 9.17) is 0 Å². The lowest BCUT2D eigenvalue weighted by Gasteiger charge is -2.17. The molecule has 0 bridgehead atoms. The van der Waals surface area contributed by atoms with Crippen LogP contribution in [0.1, 0.15) is 103 Å². The number of unbranched alkanes of at least 4 members (excludes halogenated alkanes) is 2. The van der Waals surface area contributed by atoms with Crippen LogP contribution >= 0.6 is 0 Å². The summed E-state index contributed by atoms with van der Waals surface area (Å²) in [5, 5.41) is 0. The van der Waals surface area contributed by atoms with Gasteiger partial charge in [-0.25, -0.2) is 0 Å². The molecule has 0 heterocycles. The minimum atomic E-state index is 1.08. The summed E-state index contributed by atoms with van der Waals surface area (Å²) in [6.45, 7) is 23.7. The molecule has 156 valence electrons. The number of hydrogen-bond donors (Lipinski definition) is 0. The topological polar surface area (TPSA) is 0 Å². The molecule has 1 aromatic carbocycles. The van der Waals surface area contributed by atoms with Gasteiger partial charge in [0.15, 0.2) is 0 Å². The molecular formula is C28H44. The van der Waals surface area contributed by atoms with Crippen molar-refractivity contribution in [2.45, 2.75) is 93.4 Å². The second kappa shape index (κ2) is 15.1. The van der Waals surface area contributed by atoms with Gasteiger partial charge < -0.3 is 0 Å². The van der Waals surface area contributed by atoms with E-state index in [-0.39, 0.29) is 0 Å². The van der Waals surface area contributed by atoms with E-state index < -0.39 is 0 Å². The summed E-state index contributed by atoms with van der Waals surface area (Å²) in [5.74, 6) is 0. The lowest BCUT2D eigenvalue weighted by Crippen LogP contribution is -1.96. The zero-order valence-corrected chi connectivity index (χ0v) is 19.8. The van der Waals surface area contributed by atoms with Crippen molar-refractivity contribution in [3.63, 3.8) is 0 Å². The van der Waals surface area contributed by atoms with Crippen LogP contribution in [0.3, 0.4) is 0 Å². The Bertz CT molecular complexity index is 665. The van der Waals surface area contributed by atoms with E-state index in [1.807, 2.05) is 0 Å². The number of aryl methyl sites for hydroxylation is 1. The maximum absolute atomic E-state index is 4.26. The Kier molecular flexibility index (Phi) is 14.2. The fraction of sp³-hybridized carbons (Fsp3) is 0.500. The highest BCUT2D eigenvalue weighted by Crippen LogP contribution is 2.32. The Balaban J connectivity index is 0.00000165. The molecule has 0 N–H and O–H groups in total. The lowest BCUT2D eigenvalue weighted by atomic mass is 9.88. The van der Waals surface area contributed by atoms with Gasteiger partial charge >= 0.3 is 0 Å². The fourth-order valence-corrected chi connectivity index (χ4v) is 3.11. The van der Waals surface area contributed by atoms with Crippen molar-refractivity contribution in [1.82, 2.24) is 0 Å². The van der Waals surface area contributed by atoms with Crippen molar-refractivity contribution in [1.29, 1.82) is 0 Å². The number of allylic oxidation sites excluding steroid dienone is 6. The van der Waals surface area contributed by atoms with E-state index in [1.165, 1.54) is 59.1 Å². The summed E-state index contributed by atoms with van der Waals surface area (Å²) in [7, 11) is 0. The standard InChI is InChI=1S/C24H34.C4H10/c1-8-10-12-14-20(6)24(18(3)4)23-16-15-22(17-21(23)7)19(5)13-11-9-2;1-3-4-2/h8,10,15-17H,3,5,9,11-14H2,1-2,4,6-7H3;3-4H2,1-2H3/b10-8-,24-20+;. The molecule has 0 unspecified atom stereocenters. The number of rotatable bonds is 10. The molecule has 0 aromatic heterocycles. The zero-order valence-electron chi connectivity index (χ0n) is 19.8. The van der Waals surface area contributed by atoms with Gasteiger partial charge in [-0.3, -0.25) is 0 Å². The minimum Gasteiger partial charge on any atom is -0.0955 e. The van der Waals surface area contributed by atoms with Gasteiger partial charge in [0.25, 0.3) is 0 Å². The van der Waals surface area contributed by atoms with Gasteiger partial charge in [-0.1, -0.05) is 94.7 Å². The van der Waals surface area contributed by atoms with Crippen LogP contribution in [-0.4, -0.2) is 0 Å². The average molecular weight is 381 g/mol. The SMILES string of the molecule is C=C(C)/C(=C(/C)CC/C=C\C)c1ccc(C(=C)CCCC)cc1C.CCCC. The molecule has 0 spiro atoms. The maximum atomic E-state index is 4.26. The van der Waals surface area contributed by atoms with Gasteiger partial charge in [0.05, 0.1) is 0 Å². The summed E-state index contributed by atoms with van der Waals surface area (Å²) >= 11 is 0. The summed E-state index contributed by atoms with van der Waals surface area (Å²) in [6.07, 6.45) is 12.7. The Morgan fingerprint density at radius 3 is 2.07 bits per heavy atom. The van der Waals surface area contributed by atoms with Crippen molar-refractivity contribution in [3.8, 4) is 0 Å². The number of benzene rings is 1. The van der Waals surface area contributed by atoms with Gasteiger partial charge in [0.1, 0.15) is 0 Å².